The molecule has 0 unspecified atom stereocenters. The highest BCUT2D eigenvalue weighted by atomic mass is 35.5. The number of sulfone groups is 1. The van der Waals surface area contributed by atoms with Crippen molar-refractivity contribution in [2.45, 2.75) is 48.0 Å². The van der Waals surface area contributed by atoms with Crippen LogP contribution in [-0.2, 0) is 19.4 Å². The lowest BCUT2D eigenvalue weighted by Gasteiger charge is -2.22. The fourth-order valence-electron chi connectivity index (χ4n) is 3.94. The normalized spacial score (nSPS) is 24.0. The fraction of sp³-hybridized carbons (Fsp3) is 0.364. The summed E-state index contributed by atoms with van der Waals surface area (Å²) in [5, 5.41) is 1.65. The lowest BCUT2D eigenvalue weighted by molar-refractivity contribution is -0.110. The number of carbonyl (C=O) groups excluding carboxylic acids is 2. The molecular formula is C22H22ClNO7S. The smallest absolute Gasteiger partial charge is 0.408 e. The molecule has 0 aromatic heterocycles. The maximum atomic E-state index is 13.5. The zero-order valence-corrected chi connectivity index (χ0v) is 19.2. The van der Waals surface area contributed by atoms with Crippen molar-refractivity contribution < 1.29 is 32.2 Å². The van der Waals surface area contributed by atoms with Gasteiger partial charge in [0, 0.05) is 10.9 Å². The van der Waals surface area contributed by atoms with E-state index < -0.39 is 38.2 Å². The second kappa shape index (κ2) is 7.67. The number of nitrogens with one attached hydrogen (secondary N) is 1. The molecule has 1 fully saturated rings. The maximum absolute atomic E-state index is 13.5. The molecule has 0 spiro atoms. The molecule has 10 heteroatoms. The Balaban J connectivity index is 1.76. The van der Waals surface area contributed by atoms with Crippen LogP contribution in [0.2, 0.25) is 5.02 Å². The van der Waals surface area contributed by atoms with Gasteiger partial charge in [0.15, 0.2) is 21.3 Å². The van der Waals surface area contributed by atoms with E-state index in [1.54, 1.807) is 39.0 Å². The number of aldehydes is 1. The molecule has 0 radical (unpaired) electrons. The van der Waals surface area contributed by atoms with E-state index in [1.165, 1.54) is 24.3 Å². The van der Waals surface area contributed by atoms with Gasteiger partial charge >= 0.3 is 6.09 Å². The van der Waals surface area contributed by atoms with Crippen LogP contribution in [0.3, 0.4) is 0 Å². The van der Waals surface area contributed by atoms with Crippen LogP contribution in [0, 0.1) is 0 Å². The Morgan fingerprint density at radius 2 is 1.81 bits per heavy atom. The molecule has 8 nitrogen and oxygen atoms in total. The molecule has 32 heavy (non-hydrogen) atoms. The minimum absolute atomic E-state index is 0.00708. The first-order valence-corrected chi connectivity index (χ1v) is 11.8. The highest BCUT2D eigenvalue weighted by molar-refractivity contribution is 7.92. The van der Waals surface area contributed by atoms with Crippen molar-refractivity contribution in [3.8, 4) is 11.5 Å². The van der Waals surface area contributed by atoms with E-state index in [0.29, 0.717) is 28.4 Å². The summed E-state index contributed by atoms with van der Waals surface area (Å²) in [5.41, 5.74) is -2.03. The molecule has 2 aromatic rings. The number of halogens is 1. The zero-order chi connectivity index (χ0) is 23.3. The molecule has 1 amide bonds. The van der Waals surface area contributed by atoms with E-state index >= 15 is 0 Å². The van der Waals surface area contributed by atoms with Crippen LogP contribution in [0.1, 0.15) is 32.3 Å². The Labute approximate surface area is 190 Å². The number of alkyl carbamates (subject to hydrolysis) is 1. The second-order valence-electron chi connectivity index (χ2n) is 8.69. The topological polar surface area (TPSA) is 108 Å². The lowest BCUT2D eigenvalue weighted by atomic mass is 10.1. The predicted molar refractivity (Wildman–Crippen MR) is 116 cm³/mol. The van der Waals surface area contributed by atoms with Crippen LogP contribution in [0.15, 0.2) is 47.4 Å². The van der Waals surface area contributed by atoms with Gasteiger partial charge in [0.2, 0.25) is 6.79 Å². The van der Waals surface area contributed by atoms with Gasteiger partial charge in [0.25, 0.3) is 0 Å². The first-order valence-electron chi connectivity index (χ1n) is 9.84. The summed E-state index contributed by atoms with van der Waals surface area (Å²) in [7, 11) is -4.04. The summed E-state index contributed by atoms with van der Waals surface area (Å²) in [4.78, 5) is 24.9. The third-order valence-corrected chi connectivity index (χ3v) is 7.84. The van der Waals surface area contributed by atoms with E-state index in [2.05, 4.69) is 5.32 Å². The summed E-state index contributed by atoms with van der Waals surface area (Å²) in [6.07, 6.45) is -0.422. The summed E-state index contributed by atoms with van der Waals surface area (Å²) in [5.74, 6) is 0.0973. The number of benzene rings is 2. The number of fused-ring (bicyclic) bond motifs is 1. The third-order valence-electron chi connectivity index (χ3n) is 5.32. The molecule has 1 aliphatic heterocycles. The number of amides is 1. The third kappa shape index (κ3) is 3.91. The predicted octanol–water partition coefficient (Wildman–Crippen LogP) is 3.47. The van der Waals surface area contributed by atoms with Gasteiger partial charge in [-0.1, -0.05) is 17.7 Å². The van der Waals surface area contributed by atoms with Crippen LogP contribution in [0.25, 0.3) is 0 Å². The largest absolute Gasteiger partial charge is 0.454 e. The van der Waals surface area contributed by atoms with Gasteiger partial charge in [0.1, 0.15) is 22.7 Å². The Morgan fingerprint density at radius 3 is 2.44 bits per heavy atom. The van der Waals surface area contributed by atoms with E-state index in [-0.39, 0.29) is 11.7 Å². The van der Waals surface area contributed by atoms with Gasteiger partial charge in [-0.15, -0.1) is 0 Å². The van der Waals surface area contributed by atoms with Crippen molar-refractivity contribution in [1.82, 2.24) is 5.32 Å². The quantitative estimate of drug-likeness (QED) is 0.654. The first-order chi connectivity index (χ1) is 15.0. The molecule has 3 atom stereocenters. The molecule has 2 aliphatic rings. The Kier molecular flexibility index (Phi) is 5.37. The molecule has 170 valence electrons. The second-order valence-corrected chi connectivity index (χ2v) is 11.2. The highest BCUT2D eigenvalue weighted by Gasteiger charge is 2.73. The summed E-state index contributed by atoms with van der Waals surface area (Å²) < 4.78 is 43.0. The van der Waals surface area contributed by atoms with Gasteiger partial charge < -0.3 is 24.3 Å². The number of ether oxygens (including phenoxy) is 3. The molecule has 1 saturated carbocycles. The van der Waals surface area contributed by atoms with Crippen molar-refractivity contribution in [2.24, 2.45) is 0 Å². The Morgan fingerprint density at radius 1 is 1.16 bits per heavy atom. The Bertz CT molecular complexity index is 1170. The Hall–Kier alpha value is -2.78. The standard InChI is InChI=1S/C22H22ClNO7S/c1-21(2,3)31-20(26)24-22(11-25)18(13-4-9-16-17(10-13)30-12-29-16)19(22)32(27,28)15-7-5-14(23)6-8-15/h4-11,18-19H,12H2,1-3H3,(H,24,26)/t18-,19-,22-/m0/s1. The average molecular weight is 480 g/mol. The zero-order valence-electron chi connectivity index (χ0n) is 17.6. The SMILES string of the molecule is CC(C)(C)OC(=O)N[C@@]1(C=O)[C@@H](c2ccc3c(c2)OCO3)[C@@H]1S(=O)(=O)c1ccc(Cl)cc1. The van der Waals surface area contributed by atoms with E-state index in [9.17, 15) is 18.0 Å². The van der Waals surface area contributed by atoms with E-state index in [4.69, 9.17) is 25.8 Å². The summed E-state index contributed by atoms with van der Waals surface area (Å²) >= 11 is 5.90. The lowest BCUT2D eigenvalue weighted by Crippen LogP contribution is -2.45. The van der Waals surface area contributed by atoms with Gasteiger partial charge in [-0.05, 0) is 62.7 Å². The van der Waals surface area contributed by atoms with Crippen LogP contribution in [0.5, 0.6) is 11.5 Å². The van der Waals surface area contributed by atoms with Gasteiger partial charge in [-0.3, -0.25) is 0 Å². The van der Waals surface area contributed by atoms with E-state index in [1.807, 2.05) is 0 Å². The summed E-state index contributed by atoms with van der Waals surface area (Å²) in [6.45, 7) is 5.06. The number of hydrogen-bond acceptors (Lipinski definition) is 7. The fourth-order valence-corrected chi connectivity index (χ4v) is 6.31. The van der Waals surface area contributed by atoms with Crippen molar-refractivity contribution in [3.05, 3.63) is 53.1 Å². The van der Waals surface area contributed by atoms with Gasteiger partial charge in [0.05, 0.1) is 4.90 Å². The molecular weight excluding hydrogens is 458 g/mol. The van der Waals surface area contributed by atoms with Crippen molar-refractivity contribution in [3.63, 3.8) is 0 Å². The average Bonchev–Trinajstić information content (AvgIpc) is 3.13. The van der Waals surface area contributed by atoms with Crippen LogP contribution < -0.4 is 14.8 Å². The van der Waals surface area contributed by atoms with Crippen LogP contribution in [-0.4, -0.2) is 44.0 Å². The minimum atomic E-state index is -4.04. The molecule has 4 rings (SSSR count). The van der Waals surface area contributed by atoms with Gasteiger partial charge in [-0.2, -0.15) is 0 Å². The first kappa shape index (κ1) is 22.4. The van der Waals surface area contributed by atoms with Crippen molar-refractivity contribution in [1.29, 1.82) is 0 Å². The molecule has 1 aliphatic carbocycles. The number of hydrogen-bond donors (Lipinski definition) is 1. The van der Waals surface area contributed by atoms with Crippen LogP contribution in [0.4, 0.5) is 4.79 Å². The highest BCUT2D eigenvalue weighted by Crippen LogP contribution is 2.57. The number of rotatable bonds is 5. The molecule has 0 bridgehead atoms. The van der Waals surface area contributed by atoms with Crippen molar-refractivity contribution in [2.75, 3.05) is 6.79 Å². The number of carbonyl (C=O) groups is 2. The van der Waals surface area contributed by atoms with Crippen molar-refractivity contribution >= 4 is 33.8 Å². The summed E-state index contributed by atoms with van der Waals surface area (Å²) in [6, 6.07) is 10.6. The molecule has 0 saturated heterocycles. The monoisotopic (exact) mass is 479 g/mol. The maximum Gasteiger partial charge on any atom is 0.408 e. The molecule has 1 N–H and O–H groups in total. The molecule has 1 heterocycles. The van der Waals surface area contributed by atoms with E-state index in [0.717, 1.165) is 0 Å². The molecule has 2 aromatic carbocycles. The van der Waals surface area contributed by atoms with Crippen LogP contribution >= 0.6 is 11.6 Å². The van der Waals surface area contributed by atoms with Gasteiger partial charge in [-0.25, -0.2) is 13.2 Å². The minimum Gasteiger partial charge on any atom is -0.454 e.